The first-order valence-electron chi connectivity index (χ1n) is 8.44. The molecular formula is C21H21ClN2O. The Balaban J connectivity index is 2.20. The number of benzene rings is 2. The molecule has 3 aromatic rings. The minimum Gasteiger partial charge on any atom is -0.338 e. The number of rotatable bonds is 4. The zero-order chi connectivity index (χ0) is 18.0. The number of amides is 1. The highest BCUT2D eigenvalue weighted by Gasteiger charge is 2.20. The summed E-state index contributed by atoms with van der Waals surface area (Å²) in [4.78, 5) is 19.3. The molecule has 1 aromatic heterocycles. The average molecular weight is 352 g/mol. The zero-order valence-electron chi connectivity index (χ0n) is 14.7. The second-order valence-corrected chi connectivity index (χ2v) is 6.64. The quantitative estimate of drug-likeness (QED) is 0.628. The highest BCUT2D eigenvalue weighted by molar-refractivity contribution is 6.33. The molecule has 0 spiro atoms. The minimum atomic E-state index is -0.0755. The Kier molecular flexibility index (Phi) is 5.05. The number of pyridine rings is 1. The predicted molar refractivity (Wildman–Crippen MR) is 104 cm³/mol. The minimum absolute atomic E-state index is 0.0755. The molecule has 1 unspecified atom stereocenters. The maximum atomic E-state index is 12.9. The monoisotopic (exact) mass is 351 g/mol. The molecule has 2 aromatic carbocycles. The summed E-state index contributed by atoms with van der Waals surface area (Å²) >= 11 is 6.39. The fraction of sp³-hybridized carbons (Fsp3) is 0.238. The van der Waals surface area contributed by atoms with E-state index in [-0.39, 0.29) is 11.9 Å². The van der Waals surface area contributed by atoms with Crippen LogP contribution in [0.25, 0.3) is 22.0 Å². The van der Waals surface area contributed by atoms with Gasteiger partial charge in [-0.25, -0.2) is 4.98 Å². The van der Waals surface area contributed by atoms with Gasteiger partial charge < -0.3 is 4.90 Å². The molecule has 0 N–H and O–H groups in total. The van der Waals surface area contributed by atoms with E-state index in [2.05, 4.69) is 6.92 Å². The van der Waals surface area contributed by atoms with Gasteiger partial charge in [0.25, 0.3) is 5.91 Å². The van der Waals surface area contributed by atoms with Gasteiger partial charge in [0.2, 0.25) is 0 Å². The van der Waals surface area contributed by atoms with Crippen LogP contribution in [-0.4, -0.2) is 28.9 Å². The first-order chi connectivity index (χ1) is 12.0. The van der Waals surface area contributed by atoms with Crippen LogP contribution in [0, 0.1) is 0 Å². The Morgan fingerprint density at radius 1 is 1.16 bits per heavy atom. The molecule has 0 saturated carbocycles. The summed E-state index contributed by atoms with van der Waals surface area (Å²) in [5, 5.41) is 2.59. The number of nitrogens with zero attached hydrogens (tertiary/aromatic N) is 2. The topological polar surface area (TPSA) is 33.2 Å². The molecule has 3 rings (SSSR count). The molecule has 0 aliphatic carbocycles. The third-order valence-corrected chi connectivity index (χ3v) is 4.99. The van der Waals surface area contributed by atoms with Crippen LogP contribution in [-0.2, 0) is 0 Å². The van der Waals surface area contributed by atoms with Crippen molar-refractivity contribution in [1.82, 2.24) is 9.88 Å². The number of carbonyl (C=O) groups is 1. The van der Waals surface area contributed by atoms with E-state index in [1.807, 2.05) is 68.6 Å². The molecule has 0 aliphatic rings. The lowest BCUT2D eigenvalue weighted by molar-refractivity contribution is 0.0735. The van der Waals surface area contributed by atoms with Gasteiger partial charge in [-0.1, -0.05) is 61.0 Å². The van der Waals surface area contributed by atoms with Gasteiger partial charge in [0.15, 0.2) is 0 Å². The van der Waals surface area contributed by atoms with Gasteiger partial charge in [0, 0.05) is 29.1 Å². The summed E-state index contributed by atoms with van der Waals surface area (Å²) < 4.78 is 0. The van der Waals surface area contributed by atoms with E-state index in [0.29, 0.717) is 10.7 Å². The van der Waals surface area contributed by atoms with Crippen LogP contribution >= 0.6 is 11.6 Å². The zero-order valence-corrected chi connectivity index (χ0v) is 15.4. The lowest BCUT2D eigenvalue weighted by atomic mass is 9.88. The van der Waals surface area contributed by atoms with Gasteiger partial charge in [-0.15, -0.1) is 0 Å². The number of fused-ring (bicyclic) bond motifs is 1. The number of hydrogen-bond acceptors (Lipinski definition) is 2. The van der Waals surface area contributed by atoms with Crippen molar-refractivity contribution in [1.29, 1.82) is 0 Å². The molecular weight excluding hydrogens is 331 g/mol. The standard InChI is InChI=1S/C21H21ClN2O/c1-4-14(2)24(3)21(25)19-13-15-9-5-6-10-16(15)20(23-19)17-11-7-8-12-18(17)22/h5-14H,4H2,1-3H3/i21-1. The van der Waals surface area contributed by atoms with E-state index < -0.39 is 0 Å². The second kappa shape index (κ2) is 7.24. The number of halogens is 1. The molecule has 128 valence electrons. The lowest BCUT2D eigenvalue weighted by Crippen LogP contribution is -2.35. The molecule has 1 heterocycles. The van der Waals surface area contributed by atoms with Crippen molar-refractivity contribution < 1.29 is 4.79 Å². The molecule has 0 bridgehead atoms. The molecule has 3 nitrogen and oxygen atoms in total. The summed E-state index contributed by atoms with van der Waals surface area (Å²) in [5.74, 6) is -0.0755. The molecule has 4 heteroatoms. The van der Waals surface area contributed by atoms with Crippen molar-refractivity contribution in [3.05, 3.63) is 65.3 Å². The van der Waals surface area contributed by atoms with Crippen molar-refractivity contribution in [3.8, 4) is 11.3 Å². The van der Waals surface area contributed by atoms with Crippen LogP contribution in [0.2, 0.25) is 5.02 Å². The van der Waals surface area contributed by atoms with Crippen LogP contribution in [0.3, 0.4) is 0 Å². The van der Waals surface area contributed by atoms with E-state index in [0.717, 1.165) is 28.5 Å². The molecule has 25 heavy (non-hydrogen) atoms. The third-order valence-electron chi connectivity index (χ3n) is 4.66. The van der Waals surface area contributed by atoms with E-state index >= 15 is 0 Å². The van der Waals surface area contributed by atoms with Crippen LogP contribution in [0.1, 0.15) is 30.8 Å². The first-order valence-corrected chi connectivity index (χ1v) is 8.82. The van der Waals surface area contributed by atoms with Crippen molar-refractivity contribution in [2.75, 3.05) is 7.05 Å². The summed E-state index contributed by atoms with van der Waals surface area (Å²) in [5.41, 5.74) is 2.02. The van der Waals surface area contributed by atoms with Gasteiger partial charge in [-0.3, -0.25) is 4.79 Å². The lowest BCUT2D eigenvalue weighted by Gasteiger charge is -2.24. The smallest absolute Gasteiger partial charge is 0.272 e. The van der Waals surface area contributed by atoms with E-state index in [1.54, 1.807) is 4.90 Å². The van der Waals surface area contributed by atoms with Gasteiger partial charge >= 0.3 is 0 Å². The first kappa shape index (κ1) is 17.4. The number of aromatic nitrogens is 1. The number of hydrogen-bond donors (Lipinski definition) is 0. The van der Waals surface area contributed by atoms with Crippen molar-refractivity contribution in [3.63, 3.8) is 0 Å². The molecule has 0 fully saturated rings. The summed E-state index contributed by atoms with van der Waals surface area (Å²) in [6.45, 7) is 4.10. The molecule has 1 amide bonds. The highest BCUT2D eigenvalue weighted by Crippen LogP contribution is 2.32. The second-order valence-electron chi connectivity index (χ2n) is 6.23. The molecule has 0 saturated heterocycles. The Hall–Kier alpha value is -2.39. The van der Waals surface area contributed by atoms with Crippen LogP contribution in [0.5, 0.6) is 0 Å². The summed E-state index contributed by atoms with van der Waals surface area (Å²) in [6, 6.07) is 17.5. The van der Waals surface area contributed by atoms with Crippen molar-refractivity contribution in [2.45, 2.75) is 26.3 Å². The van der Waals surface area contributed by atoms with Gasteiger partial charge in [0.1, 0.15) is 5.69 Å². The molecule has 0 aliphatic heterocycles. The summed E-state index contributed by atoms with van der Waals surface area (Å²) in [6.07, 6.45) is 0.896. The third kappa shape index (κ3) is 3.38. The average Bonchev–Trinajstić information content (AvgIpc) is 2.65. The SMILES string of the molecule is CCC(C)N(C)[11C](=O)c1cc2ccccc2c(-c2ccccc2Cl)n1. The van der Waals surface area contributed by atoms with Crippen LogP contribution in [0.4, 0.5) is 0 Å². The largest absolute Gasteiger partial charge is 0.338 e. The van der Waals surface area contributed by atoms with E-state index in [9.17, 15) is 4.79 Å². The predicted octanol–water partition coefficient (Wildman–Crippen LogP) is 5.43. The van der Waals surface area contributed by atoms with Crippen molar-refractivity contribution in [2.24, 2.45) is 0 Å². The maximum absolute atomic E-state index is 12.9. The Bertz CT molecular complexity index is 923. The van der Waals surface area contributed by atoms with Crippen LogP contribution in [0.15, 0.2) is 54.6 Å². The van der Waals surface area contributed by atoms with Crippen molar-refractivity contribution >= 4 is 28.3 Å². The Morgan fingerprint density at radius 3 is 2.56 bits per heavy atom. The maximum Gasteiger partial charge on any atom is 0.272 e. The van der Waals surface area contributed by atoms with E-state index in [4.69, 9.17) is 16.6 Å². The Labute approximate surface area is 153 Å². The van der Waals surface area contributed by atoms with E-state index in [1.165, 1.54) is 0 Å². The number of carbonyl (C=O) groups excluding carboxylic acids is 1. The van der Waals surface area contributed by atoms with Gasteiger partial charge in [-0.2, -0.15) is 0 Å². The Morgan fingerprint density at radius 2 is 1.84 bits per heavy atom. The molecule has 1 atom stereocenters. The molecule has 0 radical (unpaired) electrons. The summed E-state index contributed by atoms with van der Waals surface area (Å²) in [7, 11) is 1.82. The van der Waals surface area contributed by atoms with Crippen LogP contribution < -0.4 is 0 Å². The highest BCUT2D eigenvalue weighted by atomic mass is 35.5. The normalized spacial score (nSPS) is 12.2. The fourth-order valence-electron chi connectivity index (χ4n) is 2.82. The fourth-order valence-corrected chi connectivity index (χ4v) is 3.05. The van der Waals surface area contributed by atoms with Gasteiger partial charge in [0.05, 0.1) is 5.69 Å². The van der Waals surface area contributed by atoms with Gasteiger partial charge in [-0.05, 0) is 30.9 Å².